The minimum absolute atomic E-state index is 0.182. The molecule has 0 spiro atoms. The average molecular weight is 526 g/mol. The number of hydrogen-bond acceptors (Lipinski definition) is 8. The van der Waals surface area contributed by atoms with Crippen molar-refractivity contribution in [3.63, 3.8) is 0 Å². The summed E-state index contributed by atoms with van der Waals surface area (Å²) in [6.45, 7) is 7.41. The molecular formula is C26H32ClN7O3. The molecule has 1 saturated carbocycles. The summed E-state index contributed by atoms with van der Waals surface area (Å²) >= 11 is 6.41. The first-order chi connectivity index (χ1) is 18.0. The molecule has 2 N–H and O–H groups in total. The highest BCUT2D eigenvalue weighted by atomic mass is 35.5. The topological polar surface area (TPSA) is 106 Å². The van der Waals surface area contributed by atoms with Crippen LogP contribution in [0.15, 0.2) is 24.3 Å². The van der Waals surface area contributed by atoms with E-state index >= 15 is 0 Å². The molecule has 1 aliphatic carbocycles. The van der Waals surface area contributed by atoms with E-state index in [0.717, 1.165) is 41.7 Å². The molecule has 0 bridgehead atoms. The van der Waals surface area contributed by atoms with Gasteiger partial charge in [0, 0.05) is 23.7 Å². The fourth-order valence-corrected chi connectivity index (χ4v) is 5.79. The summed E-state index contributed by atoms with van der Waals surface area (Å²) in [6.07, 6.45) is 3.63. The van der Waals surface area contributed by atoms with E-state index in [1.807, 2.05) is 24.3 Å². The molecule has 2 aliphatic heterocycles. The fraction of sp³-hybridized carbons (Fsp3) is 0.538. The van der Waals surface area contributed by atoms with Gasteiger partial charge in [-0.15, -0.1) is 5.48 Å². The van der Waals surface area contributed by atoms with Crippen LogP contribution in [0.2, 0.25) is 5.02 Å². The Morgan fingerprint density at radius 3 is 2.70 bits per heavy atom. The quantitative estimate of drug-likeness (QED) is 0.503. The third-order valence-corrected chi connectivity index (χ3v) is 7.92. The van der Waals surface area contributed by atoms with E-state index in [-0.39, 0.29) is 6.04 Å². The number of benzene rings is 1. The smallest absolute Gasteiger partial charge is 0.377 e. The van der Waals surface area contributed by atoms with Gasteiger partial charge in [-0.1, -0.05) is 43.5 Å². The molecule has 4 heterocycles. The summed E-state index contributed by atoms with van der Waals surface area (Å²) in [4.78, 5) is 33.8. The standard InChI is InChI=1S/C26H32ClN7O3/c1-15-6-8-17(9-7-15)13-34-21-20(18-4-3-5-19(27)12-18)28-23(24-31-26(35)37-32-24)29-22(21)30-25(34)33-10-11-36-14-16(33)2/h3-5,12,15-17,24,32H,6-11,13-14H2,1-2H3,(H,31,35)/t15?,16-,17?,24?/m0/s1. The van der Waals surface area contributed by atoms with Gasteiger partial charge in [-0.3, -0.25) is 5.32 Å². The van der Waals surface area contributed by atoms with Crippen LogP contribution >= 0.6 is 11.6 Å². The molecule has 3 aromatic rings. The normalized spacial score (nSPS) is 26.4. The third kappa shape index (κ3) is 4.85. The molecule has 2 atom stereocenters. The Hall–Kier alpha value is -2.95. The molecule has 6 rings (SSSR count). The van der Waals surface area contributed by atoms with Gasteiger partial charge in [0.1, 0.15) is 11.2 Å². The lowest BCUT2D eigenvalue weighted by molar-refractivity contribution is 0.0976. The van der Waals surface area contributed by atoms with Crippen LogP contribution in [0.1, 0.15) is 51.5 Å². The van der Waals surface area contributed by atoms with Crippen LogP contribution in [0.5, 0.6) is 0 Å². The number of carbonyl (C=O) groups excluding carboxylic acids is 1. The minimum atomic E-state index is -0.675. The van der Waals surface area contributed by atoms with Crippen molar-refractivity contribution in [1.82, 2.24) is 30.3 Å². The summed E-state index contributed by atoms with van der Waals surface area (Å²) < 4.78 is 8.04. The Labute approximate surface area is 220 Å². The molecule has 10 nitrogen and oxygen atoms in total. The molecule has 2 saturated heterocycles. The molecule has 37 heavy (non-hydrogen) atoms. The van der Waals surface area contributed by atoms with Gasteiger partial charge in [0.25, 0.3) is 0 Å². The maximum atomic E-state index is 11.7. The molecule has 1 aromatic carbocycles. The molecule has 0 radical (unpaired) electrons. The Bertz CT molecular complexity index is 1310. The molecule has 1 unspecified atom stereocenters. The number of anilines is 1. The highest BCUT2D eigenvalue weighted by Gasteiger charge is 2.32. The lowest BCUT2D eigenvalue weighted by Crippen LogP contribution is -2.45. The molecule has 196 valence electrons. The zero-order valence-corrected chi connectivity index (χ0v) is 21.9. The van der Waals surface area contributed by atoms with Crippen LogP contribution in [0.25, 0.3) is 22.4 Å². The van der Waals surface area contributed by atoms with Crippen LogP contribution < -0.4 is 15.7 Å². The average Bonchev–Trinajstić information content (AvgIpc) is 3.49. The minimum Gasteiger partial charge on any atom is -0.377 e. The van der Waals surface area contributed by atoms with Gasteiger partial charge in [-0.2, -0.15) is 4.98 Å². The molecule has 3 fully saturated rings. The summed E-state index contributed by atoms with van der Waals surface area (Å²) in [6, 6.07) is 7.84. The molecule has 11 heteroatoms. The Morgan fingerprint density at radius 1 is 1.14 bits per heavy atom. The second kappa shape index (κ2) is 10.1. The lowest BCUT2D eigenvalue weighted by atomic mass is 9.83. The van der Waals surface area contributed by atoms with E-state index in [2.05, 4.69) is 34.1 Å². The monoisotopic (exact) mass is 525 g/mol. The van der Waals surface area contributed by atoms with Crippen LogP contribution in [0.4, 0.5) is 10.7 Å². The Balaban J connectivity index is 1.54. The van der Waals surface area contributed by atoms with E-state index in [1.165, 1.54) is 25.7 Å². The zero-order chi connectivity index (χ0) is 25.5. The SMILES string of the molecule is CC1CCC(Cn2c(N3CCOC[C@@H]3C)nc3nc(C4NOC(=O)N4)nc(-c4cccc(Cl)c4)c32)CC1. The van der Waals surface area contributed by atoms with Crippen LogP contribution in [0.3, 0.4) is 0 Å². The van der Waals surface area contributed by atoms with Gasteiger partial charge in [0.15, 0.2) is 17.6 Å². The summed E-state index contributed by atoms with van der Waals surface area (Å²) in [5, 5.41) is 3.32. The van der Waals surface area contributed by atoms with Gasteiger partial charge >= 0.3 is 6.09 Å². The number of carbonyl (C=O) groups is 1. The maximum absolute atomic E-state index is 11.7. The predicted octanol–water partition coefficient (Wildman–Crippen LogP) is 4.44. The van der Waals surface area contributed by atoms with Gasteiger partial charge in [-0.05, 0) is 43.7 Å². The number of nitrogens with zero attached hydrogens (tertiary/aromatic N) is 5. The first-order valence-electron chi connectivity index (χ1n) is 13.1. The zero-order valence-electron chi connectivity index (χ0n) is 21.1. The van der Waals surface area contributed by atoms with Gasteiger partial charge < -0.3 is 19.0 Å². The maximum Gasteiger partial charge on any atom is 0.427 e. The van der Waals surface area contributed by atoms with Gasteiger partial charge in [-0.25, -0.2) is 14.8 Å². The Morgan fingerprint density at radius 2 is 1.97 bits per heavy atom. The largest absolute Gasteiger partial charge is 0.427 e. The Kier molecular flexibility index (Phi) is 6.64. The number of halogens is 1. The van der Waals surface area contributed by atoms with Crippen molar-refractivity contribution in [3.05, 3.63) is 35.1 Å². The van der Waals surface area contributed by atoms with Crippen LogP contribution in [-0.4, -0.2) is 51.4 Å². The van der Waals surface area contributed by atoms with Crippen molar-refractivity contribution < 1.29 is 14.4 Å². The van der Waals surface area contributed by atoms with Crippen molar-refractivity contribution in [1.29, 1.82) is 0 Å². The van der Waals surface area contributed by atoms with E-state index in [0.29, 0.717) is 35.6 Å². The van der Waals surface area contributed by atoms with E-state index in [1.54, 1.807) is 0 Å². The summed E-state index contributed by atoms with van der Waals surface area (Å²) in [5.74, 6) is 2.60. The number of amides is 1. The van der Waals surface area contributed by atoms with Crippen LogP contribution in [-0.2, 0) is 16.1 Å². The number of hydroxylamine groups is 1. The number of ether oxygens (including phenoxy) is 1. The van der Waals surface area contributed by atoms with Crippen molar-refractivity contribution >= 4 is 34.8 Å². The number of morpholine rings is 1. The first-order valence-corrected chi connectivity index (χ1v) is 13.5. The number of fused-ring (bicyclic) bond motifs is 1. The van der Waals surface area contributed by atoms with E-state index in [9.17, 15) is 4.79 Å². The summed E-state index contributed by atoms with van der Waals surface area (Å²) in [5.41, 5.74) is 5.73. The van der Waals surface area contributed by atoms with E-state index < -0.39 is 12.3 Å². The van der Waals surface area contributed by atoms with E-state index in [4.69, 9.17) is 36.1 Å². The first kappa shape index (κ1) is 24.4. The van der Waals surface area contributed by atoms with Crippen molar-refractivity contribution in [2.24, 2.45) is 11.8 Å². The number of rotatable bonds is 5. The summed E-state index contributed by atoms with van der Waals surface area (Å²) in [7, 11) is 0. The number of aromatic nitrogens is 4. The number of hydrogen-bond donors (Lipinski definition) is 2. The second-order valence-electron chi connectivity index (χ2n) is 10.5. The van der Waals surface area contributed by atoms with Crippen LogP contribution in [0, 0.1) is 11.8 Å². The number of imidazole rings is 1. The highest BCUT2D eigenvalue weighted by molar-refractivity contribution is 6.30. The lowest BCUT2D eigenvalue weighted by Gasteiger charge is -2.35. The predicted molar refractivity (Wildman–Crippen MR) is 140 cm³/mol. The molecule has 3 aliphatic rings. The fourth-order valence-electron chi connectivity index (χ4n) is 5.60. The van der Waals surface area contributed by atoms with Gasteiger partial charge in [0.2, 0.25) is 5.95 Å². The highest BCUT2D eigenvalue weighted by Crippen LogP contribution is 2.36. The van der Waals surface area contributed by atoms with Crippen molar-refractivity contribution in [2.75, 3.05) is 24.7 Å². The third-order valence-electron chi connectivity index (χ3n) is 7.69. The molecular weight excluding hydrogens is 494 g/mol. The van der Waals surface area contributed by atoms with Crippen molar-refractivity contribution in [3.8, 4) is 11.3 Å². The molecule has 1 amide bonds. The number of nitrogens with one attached hydrogen (secondary N) is 2. The second-order valence-corrected chi connectivity index (χ2v) is 10.9. The van der Waals surface area contributed by atoms with Gasteiger partial charge in [0.05, 0.1) is 19.3 Å². The van der Waals surface area contributed by atoms with Crippen molar-refractivity contribution in [2.45, 2.75) is 58.3 Å². The molecule has 2 aromatic heterocycles.